The van der Waals surface area contributed by atoms with Gasteiger partial charge in [-0.2, -0.15) is 0 Å². The average Bonchev–Trinajstić information content (AvgIpc) is 2.91. The summed E-state index contributed by atoms with van der Waals surface area (Å²) in [5.41, 5.74) is 0.482. The number of piperazine rings is 1. The molecule has 0 atom stereocenters. The molecular formula is C28H36ClFN4O5. The van der Waals surface area contributed by atoms with Crippen molar-refractivity contribution in [2.75, 3.05) is 57.3 Å². The number of benzene rings is 2. The summed E-state index contributed by atoms with van der Waals surface area (Å²) in [6.45, 7) is 9.15. The van der Waals surface area contributed by atoms with Crippen molar-refractivity contribution in [3.05, 3.63) is 57.4 Å². The van der Waals surface area contributed by atoms with Crippen molar-refractivity contribution < 1.29 is 23.6 Å². The van der Waals surface area contributed by atoms with Crippen LogP contribution in [0.5, 0.6) is 11.5 Å². The van der Waals surface area contributed by atoms with Gasteiger partial charge < -0.3 is 19.3 Å². The third-order valence-corrected chi connectivity index (χ3v) is 7.30. The number of nitro benzene ring substituents is 1. The summed E-state index contributed by atoms with van der Waals surface area (Å²) < 4.78 is 26.0. The minimum atomic E-state index is -0.455. The molecule has 0 radical (unpaired) electrons. The highest BCUT2D eigenvalue weighted by atomic mass is 35.5. The number of anilines is 1. The first kappa shape index (κ1) is 28.9. The molecule has 0 bridgehead atoms. The Balaban J connectivity index is 1.19. The van der Waals surface area contributed by atoms with Crippen LogP contribution in [-0.2, 0) is 4.79 Å². The van der Waals surface area contributed by atoms with Gasteiger partial charge >= 0.3 is 5.69 Å². The molecule has 0 aliphatic carbocycles. The van der Waals surface area contributed by atoms with Gasteiger partial charge in [-0.05, 0) is 30.2 Å². The SMILES string of the molecule is CC(C)COc1cc(OC2CCN(C(=O)CCN3CCN(c4ccc(Cl)cc4F)CC3)CC2)ccc1[N+](=O)[O-]. The Morgan fingerprint density at radius 2 is 1.82 bits per heavy atom. The van der Waals surface area contributed by atoms with E-state index >= 15 is 0 Å². The molecule has 212 valence electrons. The second-order valence-electron chi connectivity index (χ2n) is 10.5. The smallest absolute Gasteiger partial charge is 0.311 e. The van der Waals surface area contributed by atoms with Crippen LogP contribution in [0.3, 0.4) is 0 Å². The van der Waals surface area contributed by atoms with E-state index < -0.39 is 4.92 Å². The number of carbonyl (C=O) groups excluding carboxylic acids is 1. The van der Waals surface area contributed by atoms with E-state index in [1.54, 1.807) is 24.3 Å². The van der Waals surface area contributed by atoms with E-state index in [9.17, 15) is 19.3 Å². The standard InChI is InChI=1S/C28H36ClFN4O5/c1-20(2)19-38-27-18-23(4-6-26(27)34(36)37)39-22-7-11-33(12-8-22)28(35)9-10-31-13-15-32(16-14-31)25-5-3-21(29)17-24(25)30/h3-6,17-18,20,22H,7-16,19H2,1-2H3. The zero-order valence-electron chi connectivity index (χ0n) is 22.5. The van der Waals surface area contributed by atoms with Gasteiger partial charge in [0.1, 0.15) is 17.7 Å². The van der Waals surface area contributed by atoms with Crippen LogP contribution in [-0.4, -0.2) is 79.2 Å². The molecule has 0 saturated carbocycles. The second-order valence-corrected chi connectivity index (χ2v) is 10.9. The summed E-state index contributed by atoms with van der Waals surface area (Å²) in [5.74, 6) is 0.783. The van der Waals surface area contributed by atoms with Crippen molar-refractivity contribution in [3.8, 4) is 11.5 Å². The summed E-state index contributed by atoms with van der Waals surface area (Å²) in [7, 11) is 0. The summed E-state index contributed by atoms with van der Waals surface area (Å²) in [6.07, 6.45) is 1.75. The number of ether oxygens (including phenoxy) is 2. The number of amides is 1. The van der Waals surface area contributed by atoms with Crippen LogP contribution < -0.4 is 14.4 Å². The first-order valence-electron chi connectivity index (χ1n) is 13.5. The van der Waals surface area contributed by atoms with E-state index in [1.165, 1.54) is 12.1 Å². The maximum atomic E-state index is 14.2. The molecule has 2 aromatic rings. The Kier molecular flexibility index (Phi) is 9.85. The number of likely N-dealkylation sites (tertiary alicyclic amines) is 1. The lowest BCUT2D eigenvalue weighted by Gasteiger charge is -2.37. The second kappa shape index (κ2) is 13.3. The molecule has 0 unspecified atom stereocenters. The third-order valence-electron chi connectivity index (χ3n) is 7.06. The largest absolute Gasteiger partial charge is 0.490 e. The molecule has 39 heavy (non-hydrogen) atoms. The average molecular weight is 563 g/mol. The van der Waals surface area contributed by atoms with E-state index in [4.69, 9.17) is 21.1 Å². The van der Waals surface area contributed by atoms with E-state index in [2.05, 4.69) is 4.90 Å². The molecule has 2 saturated heterocycles. The van der Waals surface area contributed by atoms with Gasteiger partial charge in [0.05, 0.1) is 17.2 Å². The van der Waals surface area contributed by atoms with Crippen molar-refractivity contribution in [1.82, 2.24) is 9.80 Å². The first-order chi connectivity index (χ1) is 18.7. The highest BCUT2D eigenvalue weighted by molar-refractivity contribution is 6.30. The Morgan fingerprint density at radius 3 is 2.46 bits per heavy atom. The summed E-state index contributed by atoms with van der Waals surface area (Å²) in [4.78, 5) is 29.9. The van der Waals surface area contributed by atoms with Gasteiger partial charge in [0.2, 0.25) is 11.7 Å². The number of rotatable bonds is 10. The summed E-state index contributed by atoms with van der Waals surface area (Å²) in [6, 6.07) is 9.34. The minimum absolute atomic E-state index is 0.0743. The van der Waals surface area contributed by atoms with Crippen LogP contribution >= 0.6 is 11.6 Å². The van der Waals surface area contributed by atoms with Gasteiger partial charge in [0.25, 0.3) is 0 Å². The van der Waals surface area contributed by atoms with Crippen LogP contribution in [0.1, 0.15) is 33.1 Å². The zero-order valence-corrected chi connectivity index (χ0v) is 23.2. The van der Waals surface area contributed by atoms with Crippen LogP contribution in [0.25, 0.3) is 0 Å². The predicted molar refractivity (Wildman–Crippen MR) is 148 cm³/mol. The van der Waals surface area contributed by atoms with E-state index in [-0.39, 0.29) is 35.2 Å². The molecule has 2 aromatic carbocycles. The van der Waals surface area contributed by atoms with Crippen molar-refractivity contribution >= 4 is 28.9 Å². The quantitative estimate of drug-likeness (QED) is 0.297. The molecule has 0 N–H and O–H groups in total. The van der Waals surface area contributed by atoms with Crippen molar-refractivity contribution in [2.24, 2.45) is 5.92 Å². The van der Waals surface area contributed by atoms with Crippen molar-refractivity contribution in [3.63, 3.8) is 0 Å². The maximum Gasteiger partial charge on any atom is 0.311 e. The Bertz CT molecular complexity index is 1150. The molecule has 2 aliphatic rings. The van der Waals surface area contributed by atoms with Crippen molar-refractivity contribution in [1.29, 1.82) is 0 Å². The molecule has 11 heteroatoms. The fourth-order valence-electron chi connectivity index (χ4n) is 4.87. The molecule has 0 spiro atoms. The van der Waals surface area contributed by atoms with Gasteiger partial charge in [-0.1, -0.05) is 25.4 Å². The fourth-order valence-corrected chi connectivity index (χ4v) is 5.03. The Labute approximate surface area is 233 Å². The topological polar surface area (TPSA) is 88.4 Å². The number of carbonyl (C=O) groups is 1. The Hall–Kier alpha value is -3.11. The number of hydrogen-bond donors (Lipinski definition) is 0. The normalized spacial score (nSPS) is 16.9. The first-order valence-corrected chi connectivity index (χ1v) is 13.9. The molecule has 2 aliphatic heterocycles. The zero-order chi connectivity index (χ0) is 27.9. The van der Waals surface area contributed by atoms with E-state index in [1.807, 2.05) is 23.6 Å². The monoisotopic (exact) mass is 562 g/mol. The van der Waals surface area contributed by atoms with Gasteiger partial charge in [-0.15, -0.1) is 0 Å². The Morgan fingerprint density at radius 1 is 1.10 bits per heavy atom. The summed E-state index contributed by atoms with van der Waals surface area (Å²) >= 11 is 5.86. The lowest BCUT2D eigenvalue weighted by atomic mass is 10.1. The van der Waals surface area contributed by atoms with Gasteiger partial charge in [0, 0.05) is 82.2 Å². The van der Waals surface area contributed by atoms with Crippen LogP contribution in [0.2, 0.25) is 5.02 Å². The summed E-state index contributed by atoms with van der Waals surface area (Å²) in [5, 5.41) is 11.7. The van der Waals surface area contributed by atoms with Crippen molar-refractivity contribution in [2.45, 2.75) is 39.2 Å². The molecule has 2 fully saturated rings. The molecule has 0 aromatic heterocycles. The number of nitro groups is 1. The number of hydrogen-bond acceptors (Lipinski definition) is 7. The van der Waals surface area contributed by atoms with Crippen LogP contribution in [0.15, 0.2) is 36.4 Å². The fraction of sp³-hybridized carbons (Fsp3) is 0.536. The van der Waals surface area contributed by atoms with Gasteiger partial charge in [-0.3, -0.25) is 19.8 Å². The lowest BCUT2D eigenvalue weighted by molar-refractivity contribution is -0.385. The number of piperidine rings is 1. The van der Waals surface area contributed by atoms with Gasteiger partial charge in [0.15, 0.2) is 0 Å². The van der Waals surface area contributed by atoms with Crippen LogP contribution in [0, 0.1) is 21.8 Å². The van der Waals surface area contributed by atoms with E-state index in [0.29, 0.717) is 75.1 Å². The molecule has 9 nitrogen and oxygen atoms in total. The molecule has 4 rings (SSSR count). The highest BCUT2D eigenvalue weighted by Gasteiger charge is 2.26. The minimum Gasteiger partial charge on any atom is -0.490 e. The lowest BCUT2D eigenvalue weighted by Crippen LogP contribution is -2.48. The molecule has 2 heterocycles. The molecule has 1 amide bonds. The third kappa shape index (κ3) is 7.95. The molecular weight excluding hydrogens is 527 g/mol. The predicted octanol–water partition coefficient (Wildman–Crippen LogP) is 5.00. The van der Waals surface area contributed by atoms with Gasteiger partial charge in [-0.25, -0.2) is 4.39 Å². The van der Waals surface area contributed by atoms with Crippen LogP contribution in [0.4, 0.5) is 15.8 Å². The maximum absolute atomic E-state index is 14.2. The number of halogens is 2. The number of nitrogens with zero attached hydrogens (tertiary/aromatic N) is 4. The highest BCUT2D eigenvalue weighted by Crippen LogP contribution is 2.33. The van der Waals surface area contributed by atoms with E-state index in [0.717, 1.165) is 13.1 Å².